The van der Waals surface area contributed by atoms with Crippen LogP contribution in [-0.4, -0.2) is 75.5 Å². The van der Waals surface area contributed by atoms with Crippen molar-refractivity contribution in [3.63, 3.8) is 0 Å². The van der Waals surface area contributed by atoms with Crippen molar-refractivity contribution in [2.75, 3.05) is 51.3 Å². The quantitative estimate of drug-likeness (QED) is 0.0699. The summed E-state index contributed by atoms with van der Waals surface area (Å²) in [7, 11) is -3.45. The van der Waals surface area contributed by atoms with Crippen LogP contribution in [0, 0.1) is 11.8 Å². The molecule has 0 radical (unpaired) electrons. The molecule has 2 heterocycles. The maximum atomic E-state index is 13.3. The number of benzene rings is 4. The number of carbonyl (C=O) groups excluding carboxylic acids is 1. The second kappa shape index (κ2) is 22.7. The van der Waals surface area contributed by atoms with Crippen LogP contribution in [0.5, 0.6) is 0 Å². The van der Waals surface area contributed by atoms with E-state index in [1.807, 2.05) is 41.3 Å². The minimum absolute atomic E-state index is 0.0646. The Morgan fingerprint density at radius 3 is 1.73 bits per heavy atom. The van der Waals surface area contributed by atoms with Crippen molar-refractivity contribution in [2.24, 2.45) is 11.8 Å². The van der Waals surface area contributed by atoms with Crippen LogP contribution < -0.4 is 0 Å². The van der Waals surface area contributed by atoms with E-state index >= 15 is 0 Å². The molecule has 4 aromatic rings. The molecule has 66 heavy (non-hydrogen) atoms. The number of carbonyl (C=O) groups is 1. The number of likely N-dealkylation sites (tertiary alicyclic amines) is 2. The molecule has 8 rings (SSSR count). The standard InChI is InChI=1S/C24H27ClF3NS.C18H24ClNO4S.C7H5F3S/c25-21-8-4-19(5-9-21)23(12-2-13-23)17-29-14-1-3-18(15-29)16-30-22-10-6-20(7-11-22)24(26,27)28;1-25(22,23)24-13-14-4-2-11-20(12-14)17(21)18(9-3-10-18)15-5-7-16(19)8-6-15;8-7(9,10)5-1-3-6(11)4-2-5/h4-11,18H,1-3,12-17H2;5-8,14H,2-4,9-13H2,1H3;1-4,11H. The number of halogens is 8. The van der Waals surface area contributed by atoms with Gasteiger partial charge in [0.25, 0.3) is 10.1 Å². The topological polar surface area (TPSA) is 66.9 Å². The van der Waals surface area contributed by atoms with Crippen molar-refractivity contribution in [3.05, 3.63) is 129 Å². The lowest BCUT2D eigenvalue weighted by Gasteiger charge is -2.47. The largest absolute Gasteiger partial charge is 0.416 e. The Morgan fingerprint density at radius 1 is 0.712 bits per heavy atom. The van der Waals surface area contributed by atoms with E-state index in [2.05, 4.69) is 29.7 Å². The Bertz CT molecular complexity index is 2290. The van der Waals surface area contributed by atoms with E-state index in [0.717, 1.165) is 97.9 Å². The first-order valence-electron chi connectivity index (χ1n) is 22.2. The fourth-order valence-electron chi connectivity index (χ4n) is 9.24. The van der Waals surface area contributed by atoms with Crippen LogP contribution in [0.15, 0.2) is 107 Å². The minimum Gasteiger partial charge on any atom is -0.342 e. The Hall–Kier alpha value is -2.92. The minimum atomic E-state index is -4.27. The molecule has 0 bridgehead atoms. The van der Waals surface area contributed by atoms with E-state index in [0.29, 0.717) is 22.4 Å². The maximum Gasteiger partial charge on any atom is 0.416 e. The third-order valence-corrected chi connectivity index (χ3v) is 15.7. The van der Waals surface area contributed by atoms with Gasteiger partial charge in [-0.05, 0) is 148 Å². The zero-order chi connectivity index (χ0) is 47.8. The van der Waals surface area contributed by atoms with E-state index in [9.17, 15) is 39.6 Å². The van der Waals surface area contributed by atoms with E-state index in [4.69, 9.17) is 27.4 Å². The zero-order valence-corrected chi connectivity index (χ0v) is 40.8. The highest BCUT2D eigenvalue weighted by Gasteiger charge is 2.48. The number of thiol groups is 1. The molecule has 2 aliphatic heterocycles. The molecule has 0 spiro atoms. The lowest BCUT2D eigenvalue weighted by Crippen LogP contribution is -2.54. The normalized spacial score (nSPS) is 20.7. The molecule has 2 saturated carbocycles. The van der Waals surface area contributed by atoms with Gasteiger partial charge in [0, 0.05) is 63.1 Å². The average Bonchev–Trinajstić information content (AvgIpc) is 3.24. The van der Waals surface area contributed by atoms with Crippen LogP contribution in [0.3, 0.4) is 0 Å². The lowest BCUT2D eigenvalue weighted by atomic mass is 9.63. The van der Waals surface area contributed by atoms with Crippen molar-refractivity contribution >= 4 is 63.6 Å². The molecule has 2 aliphatic carbocycles. The molecule has 17 heteroatoms. The van der Waals surface area contributed by atoms with Crippen LogP contribution in [0.4, 0.5) is 26.3 Å². The first-order valence-corrected chi connectivity index (χ1v) is 26.2. The molecule has 2 unspecified atom stereocenters. The average molecular weight is 1020 g/mol. The van der Waals surface area contributed by atoms with E-state index in [1.165, 1.54) is 61.9 Å². The number of amides is 1. The summed E-state index contributed by atoms with van der Waals surface area (Å²) < 4.78 is 101. The molecule has 4 aliphatic rings. The van der Waals surface area contributed by atoms with Gasteiger partial charge in [-0.15, -0.1) is 24.4 Å². The Kier molecular flexibility index (Phi) is 18.0. The SMILES string of the molecule is CS(=O)(=O)OCC1CCCN(C(=O)C2(c3ccc(Cl)cc3)CCC2)C1.FC(F)(F)c1ccc(S)cc1.FC(F)(F)c1ccc(SCC2CCCN(CC3(c4ccc(Cl)cc4)CCC3)C2)cc1. The molecule has 2 atom stereocenters. The predicted molar refractivity (Wildman–Crippen MR) is 254 cm³/mol. The highest BCUT2D eigenvalue weighted by Crippen LogP contribution is 2.47. The highest BCUT2D eigenvalue weighted by atomic mass is 35.5. The highest BCUT2D eigenvalue weighted by molar-refractivity contribution is 7.99. The number of thioether (sulfide) groups is 1. The van der Waals surface area contributed by atoms with Gasteiger partial charge in [0.1, 0.15) is 0 Å². The summed E-state index contributed by atoms with van der Waals surface area (Å²) in [5, 5.41) is 1.45. The monoisotopic (exact) mass is 1020 g/mol. The smallest absolute Gasteiger partial charge is 0.342 e. The van der Waals surface area contributed by atoms with Crippen LogP contribution >= 0.6 is 47.6 Å². The summed E-state index contributed by atoms with van der Waals surface area (Å²) in [5.74, 6) is 1.75. The molecule has 4 fully saturated rings. The van der Waals surface area contributed by atoms with E-state index < -0.39 is 39.0 Å². The third kappa shape index (κ3) is 14.6. The van der Waals surface area contributed by atoms with Gasteiger partial charge in [-0.25, -0.2) is 0 Å². The molecule has 1 amide bonds. The summed E-state index contributed by atoms with van der Waals surface area (Å²) in [6, 6.07) is 26.1. The fourth-order valence-corrected chi connectivity index (χ4v) is 11.1. The number of alkyl halides is 6. The molecule has 2 saturated heterocycles. The van der Waals surface area contributed by atoms with Crippen LogP contribution in [0.1, 0.15) is 86.5 Å². The van der Waals surface area contributed by atoms with Crippen molar-refractivity contribution in [2.45, 2.75) is 97.2 Å². The summed E-state index contributed by atoms with van der Waals surface area (Å²) in [6.07, 6.45) is 3.18. The van der Waals surface area contributed by atoms with Crippen LogP contribution in [-0.2, 0) is 42.3 Å². The van der Waals surface area contributed by atoms with Gasteiger partial charge in [-0.3, -0.25) is 8.98 Å². The molecule has 360 valence electrons. The number of hydrogen-bond donors (Lipinski definition) is 1. The second-order valence-corrected chi connectivity index (χ2v) is 22.1. The second-order valence-electron chi connectivity index (χ2n) is 18.0. The van der Waals surface area contributed by atoms with Crippen molar-refractivity contribution in [3.8, 4) is 0 Å². The summed E-state index contributed by atoms with van der Waals surface area (Å²) in [6.45, 7) is 4.74. The number of rotatable bonds is 11. The molecule has 0 aromatic heterocycles. The molecular formula is C49H56Cl2F6N2O4S3. The lowest BCUT2D eigenvalue weighted by molar-refractivity contribution is -0.143. The van der Waals surface area contributed by atoms with Crippen molar-refractivity contribution in [1.82, 2.24) is 9.80 Å². The van der Waals surface area contributed by atoms with Crippen LogP contribution in [0.2, 0.25) is 10.0 Å². The first kappa shape index (κ1) is 52.5. The number of nitrogens with zero attached hydrogens (tertiary/aromatic N) is 2. The van der Waals surface area contributed by atoms with Gasteiger partial charge in [0.05, 0.1) is 29.4 Å². The maximum absolute atomic E-state index is 13.3. The number of hydrogen-bond acceptors (Lipinski definition) is 7. The van der Waals surface area contributed by atoms with E-state index in [-0.39, 0.29) is 23.8 Å². The fraction of sp³-hybridized carbons (Fsp3) is 0.490. The molecular weight excluding hydrogens is 962 g/mol. The number of piperidine rings is 2. The third-order valence-electron chi connectivity index (χ3n) is 13.1. The summed E-state index contributed by atoms with van der Waals surface area (Å²) >= 11 is 17.6. The van der Waals surface area contributed by atoms with Crippen LogP contribution in [0.25, 0.3) is 0 Å². The summed E-state index contributed by atoms with van der Waals surface area (Å²) in [4.78, 5) is 19.2. The van der Waals surface area contributed by atoms with Crippen molar-refractivity contribution in [1.29, 1.82) is 0 Å². The Labute approximate surface area is 404 Å². The van der Waals surface area contributed by atoms with Gasteiger partial charge in [-0.2, -0.15) is 34.8 Å². The van der Waals surface area contributed by atoms with Gasteiger partial charge in [0.2, 0.25) is 5.91 Å². The van der Waals surface area contributed by atoms with Gasteiger partial charge >= 0.3 is 12.4 Å². The Morgan fingerprint density at radius 2 is 1.23 bits per heavy atom. The van der Waals surface area contributed by atoms with E-state index in [1.54, 1.807) is 23.9 Å². The zero-order valence-electron chi connectivity index (χ0n) is 36.7. The molecule has 6 nitrogen and oxygen atoms in total. The first-order chi connectivity index (χ1) is 31.1. The molecule has 0 N–H and O–H groups in total. The Balaban J connectivity index is 0.000000180. The van der Waals surface area contributed by atoms with Gasteiger partial charge in [-0.1, -0.05) is 60.3 Å². The molecule has 4 aromatic carbocycles. The van der Waals surface area contributed by atoms with Gasteiger partial charge < -0.3 is 9.80 Å². The van der Waals surface area contributed by atoms with Crippen molar-refractivity contribution < 1.29 is 43.7 Å². The van der Waals surface area contributed by atoms with Gasteiger partial charge in [0.15, 0.2) is 0 Å². The predicted octanol–water partition coefficient (Wildman–Crippen LogP) is 13.3. The summed E-state index contributed by atoms with van der Waals surface area (Å²) in [5.41, 5.74) is 1.03.